The number of hydrogen-bond acceptors (Lipinski definition) is 2. The van der Waals surface area contributed by atoms with E-state index < -0.39 is 0 Å². The van der Waals surface area contributed by atoms with Gasteiger partial charge in [0.2, 0.25) is 0 Å². The Morgan fingerprint density at radius 1 is 0.419 bits per heavy atom. The predicted molar refractivity (Wildman–Crippen MR) is 180 cm³/mol. The van der Waals surface area contributed by atoms with E-state index in [4.69, 9.17) is 9.40 Å². The van der Waals surface area contributed by atoms with E-state index in [9.17, 15) is 0 Å². The average Bonchev–Trinajstić information content (AvgIpc) is 3.47. The summed E-state index contributed by atoms with van der Waals surface area (Å²) in [6, 6.07) is 53.7. The summed E-state index contributed by atoms with van der Waals surface area (Å²) in [6.45, 7) is 0. The first-order valence-electron chi connectivity index (χ1n) is 14.6. The van der Waals surface area contributed by atoms with Crippen LogP contribution in [-0.2, 0) is 0 Å². The number of rotatable bonds is 3. The highest BCUT2D eigenvalue weighted by molar-refractivity contribution is 6.22. The van der Waals surface area contributed by atoms with Gasteiger partial charge in [0.05, 0.1) is 11.2 Å². The molecule has 0 N–H and O–H groups in total. The number of furan rings is 1. The third kappa shape index (κ3) is 3.77. The van der Waals surface area contributed by atoms with Gasteiger partial charge in [-0.05, 0) is 45.7 Å². The topological polar surface area (TPSA) is 26.0 Å². The molecule has 0 saturated carbocycles. The fraction of sp³-hybridized carbons (Fsp3) is 0. The molecule has 0 atom stereocenters. The Bertz CT molecular complexity index is 2510. The van der Waals surface area contributed by atoms with E-state index in [-0.39, 0.29) is 0 Å². The van der Waals surface area contributed by atoms with Crippen LogP contribution >= 0.6 is 0 Å². The number of nitrogens with zero attached hydrogens (tertiary/aromatic N) is 1. The van der Waals surface area contributed by atoms with E-state index in [0.29, 0.717) is 0 Å². The van der Waals surface area contributed by atoms with Crippen molar-refractivity contribution in [2.45, 2.75) is 0 Å². The predicted octanol–water partition coefficient (Wildman–Crippen LogP) is 11.4. The maximum Gasteiger partial charge on any atom is 0.143 e. The van der Waals surface area contributed by atoms with Crippen molar-refractivity contribution in [3.63, 3.8) is 0 Å². The molecule has 200 valence electrons. The minimum atomic E-state index is 0.913. The molecule has 0 aliphatic heterocycles. The number of hydrogen-bond donors (Lipinski definition) is 0. The molecular weight excluding hydrogens is 522 g/mol. The second-order valence-corrected chi connectivity index (χ2v) is 11.1. The zero-order chi connectivity index (χ0) is 28.3. The minimum Gasteiger partial charge on any atom is -0.455 e. The van der Waals surface area contributed by atoms with E-state index in [0.717, 1.165) is 61.0 Å². The molecule has 2 nitrogen and oxygen atoms in total. The summed E-state index contributed by atoms with van der Waals surface area (Å²) >= 11 is 0. The molecule has 0 aliphatic carbocycles. The van der Waals surface area contributed by atoms with Gasteiger partial charge in [0, 0.05) is 38.1 Å². The zero-order valence-corrected chi connectivity index (χ0v) is 23.3. The van der Waals surface area contributed by atoms with E-state index in [1.54, 1.807) is 0 Å². The maximum absolute atomic E-state index is 6.36. The molecule has 2 aromatic heterocycles. The van der Waals surface area contributed by atoms with Crippen LogP contribution < -0.4 is 0 Å². The van der Waals surface area contributed by atoms with Crippen molar-refractivity contribution in [3.8, 4) is 33.5 Å². The molecule has 0 bridgehead atoms. The number of para-hydroxylation sites is 2. The summed E-state index contributed by atoms with van der Waals surface area (Å²) in [5.41, 5.74) is 9.47. The highest BCUT2D eigenvalue weighted by Gasteiger charge is 2.15. The molecule has 0 unspecified atom stereocenters. The Kier molecular flexibility index (Phi) is 5.23. The summed E-state index contributed by atoms with van der Waals surface area (Å²) in [4.78, 5) is 5.30. The van der Waals surface area contributed by atoms with Gasteiger partial charge < -0.3 is 4.42 Å². The van der Waals surface area contributed by atoms with Gasteiger partial charge in [0.25, 0.3) is 0 Å². The Labute approximate surface area is 248 Å². The van der Waals surface area contributed by atoms with Gasteiger partial charge in [0.15, 0.2) is 0 Å². The molecule has 0 spiro atoms. The van der Waals surface area contributed by atoms with Crippen LogP contribution in [-0.4, -0.2) is 4.98 Å². The van der Waals surface area contributed by atoms with E-state index in [1.165, 1.54) is 26.9 Å². The Morgan fingerprint density at radius 3 is 2.05 bits per heavy atom. The van der Waals surface area contributed by atoms with Gasteiger partial charge in [-0.1, -0.05) is 133 Å². The Hall–Kier alpha value is -5.73. The van der Waals surface area contributed by atoms with Crippen LogP contribution in [0.1, 0.15) is 0 Å². The normalized spacial score (nSPS) is 11.7. The van der Waals surface area contributed by atoms with Crippen LogP contribution in [0.2, 0.25) is 0 Å². The van der Waals surface area contributed by atoms with Crippen molar-refractivity contribution in [1.29, 1.82) is 0 Å². The lowest BCUT2D eigenvalue weighted by Crippen LogP contribution is -1.91. The molecule has 9 rings (SSSR count). The molecule has 0 aliphatic rings. The number of fused-ring (bicyclic) bond motifs is 8. The van der Waals surface area contributed by atoms with Crippen molar-refractivity contribution in [2.75, 3.05) is 0 Å². The van der Waals surface area contributed by atoms with Crippen LogP contribution in [0, 0.1) is 0 Å². The molecule has 0 saturated heterocycles. The van der Waals surface area contributed by atoms with Gasteiger partial charge in [0.1, 0.15) is 11.2 Å². The molecule has 0 amide bonds. The molecule has 0 fully saturated rings. The third-order valence-corrected chi connectivity index (χ3v) is 8.64. The van der Waals surface area contributed by atoms with Crippen LogP contribution in [0.15, 0.2) is 156 Å². The SMILES string of the molecule is c1ccc(-c2nc3cc(-c4cccc(-c5cccc6c5oc5ccccc56)c4)ccc3c3c2ccc2ccccc23)cc1. The maximum atomic E-state index is 6.36. The highest BCUT2D eigenvalue weighted by atomic mass is 16.3. The lowest BCUT2D eigenvalue weighted by Gasteiger charge is -2.14. The summed E-state index contributed by atoms with van der Waals surface area (Å²) in [5.74, 6) is 0. The Balaban J connectivity index is 1.26. The fourth-order valence-corrected chi connectivity index (χ4v) is 6.61. The third-order valence-electron chi connectivity index (χ3n) is 8.64. The first-order valence-corrected chi connectivity index (χ1v) is 14.6. The quantitative estimate of drug-likeness (QED) is 0.206. The standard InChI is InChI=1S/C41H25NO/c1-2-11-27(12-3-1)40-36-23-20-26-10-4-5-15-31(26)39(36)35-22-21-29(25-37(35)42-40)28-13-8-14-30(24-28)32-17-9-18-34-33-16-6-7-19-38(33)43-41(32)34/h1-25H. The molecule has 0 radical (unpaired) electrons. The fourth-order valence-electron chi connectivity index (χ4n) is 6.61. The molecule has 2 heteroatoms. The zero-order valence-electron chi connectivity index (χ0n) is 23.3. The van der Waals surface area contributed by atoms with Crippen LogP contribution in [0.4, 0.5) is 0 Å². The van der Waals surface area contributed by atoms with Crippen molar-refractivity contribution >= 4 is 54.4 Å². The van der Waals surface area contributed by atoms with E-state index in [2.05, 4.69) is 140 Å². The van der Waals surface area contributed by atoms with Crippen molar-refractivity contribution in [1.82, 2.24) is 4.98 Å². The molecule has 43 heavy (non-hydrogen) atoms. The largest absolute Gasteiger partial charge is 0.455 e. The van der Waals surface area contributed by atoms with Gasteiger partial charge in [-0.15, -0.1) is 0 Å². The minimum absolute atomic E-state index is 0.913. The van der Waals surface area contributed by atoms with Crippen LogP contribution in [0.25, 0.3) is 87.9 Å². The monoisotopic (exact) mass is 547 g/mol. The summed E-state index contributed by atoms with van der Waals surface area (Å²) in [5, 5.41) is 8.35. The lowest BCUT2D eigenvalue weighted by molar-refractivity contribution is 0.670. The van der Waals surface area contributed by atoms with Gasteiger partial charge in [-0.25, -0.2) is 4.98 Å². The van der Waals surface area contributed by atoms with Crippen molar-refractivity contribution < 1.29 is 4.42 Å². The summed E-state index contributed by atoms with van der Waals surface area (Å²) in [7, 11) is 0. The van der Waals surface area contributed by atoms with Crippen LogP contribution in [0.3, 0.4) is 0 Å². The lowest BCUT2D eigenvalue weighted by atomic mass is 9.93. The second kappa shape index (κ2) is 9.40. The molecule has 2 heterocycles. The molecular formula is C41H25NO. The summed E-state index contributed by atoms with van der Waals surface area (Å²) < 4.78 is 6.36. The van der Waals surface area contributed by atoms with Gasteiger partial charge in [-0.2, -0.15) is 0 Å². The van der Waals surface area contributed by atoms with E-state index in [1.807, 2.05) is 12.1 Å². The molecule has 7 aromatic carbocycles. The van der Waals surface area contributed by atoms with Crippen molar-refractivity contribution in [3.05, 3.63) is 152 Å². The first kappa shape index (κ1) is 23.9. The number of benzene rings is 7. The number of aromatic nitrogens is 1. The second-order valence-electron chi connectivity index (χ2n) is 11.1. The van der Waals surface area contributed by atoms with Crippen LogP contribution in [0.5, 0.6) is 0 Å². The summed E-state index contributed by atoms with van der Waals surface area (Å²) in [6.07, 6.45) is 0. The highest BCUT2D eigenvalue weighted by Crippen LogP contribution is 2.40. The van der Waals surface area contributed by atoms with E-state index >= 15 is 0 Å². The van der Waals surface area contributed by atoms with Crippen molar-refractivity contribution in [2.24, 2.45) is 0 Å². The Morgan fingerprint density at radius 2 is 1.12 bits per heavy atom. The van der Waals surface area contributed by atoms with Gasteiger partial charge in [-0.3, -0.25) is 0 Å². The smallest absolute Gasteiger partial charge is 0.143 e. The molecule has 9 aromatic rings. The average molecular weight is 548 g/mol. The van der Waals surface area contributed by atoms with Gasteiger partial charge >= 0.3 is 0 Å². The first-order chi connectivity index (χ1) is 21.3. The number of pyridine rings is 1.